The minimum atomic E-state index is -3.38. The number of hydrogen-bond acceptors (Lipinski definition) is 5. The van der Waals surface area contributed by atoms with Gasteiger partial charge in [0.1, 0.15) is 0 Å². The maximum atomic E-state index is 12.4. The first-order valence-electron chi connectivity index (χ1n) is 8.21. The van der Waals surface area contributed by atoms with Gasteiger partial charge in [-0.1, -0.05) is 28.9 Å². The summed E-state index contributed by atoms with van der Waals surface area (Å²) >= 11 is 0. The fourth-order valence-electron chi connectivity index (χ4n) is 2.83. The average molecular weight is 367 g/mol. The number of aryl methyl sites for hydroxylation is 2. The summed E-state index contributed by atoms with van der Waals surface area (Å²) in [6.45, 7) is 1.92. The zero-order valence-corrected chi connectivity index (χ0v) is 15.0. The summed E-state index contributed by atoms with van der Waals surface area (Å²) < 4.78 is 30.2. The van der Waals surface area contributed by atoms with E-state index in [1.807, 2.05) is 37.4 Å². The number of benzene rings is 2. The van der Waals surface area contributed by atoms with E-state index in [1.54, 1.807) is 24.3 Å². The third kappa shape index (κ3) is 3.13. The molecule has 0 saturated heterocycles. The van der Waals surface area contributed by atoms with Crippen LogP contribution in [-0.2, 0) is 16.3 Å². The lowest BCUT2D eigenvalue weighted by Crippen LogP contribution is -2.10. The molecule has 26 heavy (non-hydrogen) atoms. The molecule has 0 fully saturated rings. The lowest BCUT2D eigenvalue weighted by molar-refractivity contribution is 0.423. The van der Waals surface area contributed by atoms with Gasteiger partial charge in [-0.2, -0.15) is 4.98 Å². The van der Waals surface area contributed by atoms with E-state index in [0.717, 1.165) is 22.0 Å². The van der Waals surface area contributed by atoms with Crippen molar-refractivity contribution in [3.63, 3.8) is 0 Å². The minimum Gasteiger partial charge on any atom is -0.361 e. The van der Waals surface area contributed by atoms with Gasteiger partial charge in [-0.05, 0) is 37.3 Å². The molecule has 1 N–H and O–H groups in total. The number of nitrogens with zero attached hydrogens (tertiary/aromatic N) is 2. The van der Waals surface area contributed by atoms with Crippen LogP contribution in [0.5, 0.6) is 0 Å². The predicted molar refractivity (Wildman–Crippen MR) is 98.5 cm³/mol. The summed E-state index contributed by atoms with van der Waals surface area (Å²) in [5, 5.41) is 4.92. The van der Waals surface area contributed by atoms with Crippen molar-refractivity contribution in [2.45, 2.75) is 18.2 Å². The van der Waals surface area contributed by atoms with E-state index >= 15 is 0 Å². The topological polar surface area (TPSA) is 88.9 Å². The number of fused-ring (bicyclic) bond motifs is 1. The molecule has 0 bridgehead atoms. The summed E-state index contributed by atoms with van der Waals surface area (Å²) in [6, 6.07) is 14.5. The van der Waals surface area contributed by atoms with Crippen LogP contribution in [0.2, 0.25) is 0 Å². The van der Waals surface area contributed by atoms with Gasteiger partial charge in [-0.15, -0.1) is 0 Å². The molecule has 0 atom stereocenters. The Morgan fingerprint density at radius 2 is 1.88 bits per heavy atom. The molecule has 0 aliphatic carbocycles. The molecular formula is C19H17N3O3S. The Labute approximate surface area is 150 Å². The number of hydrogen-bond donors (Lipinski definition) is 1. The summed E-state index contributed by atoms with van der Waals surface area (Å²) in [7, 11) is -3.38. The van der Waals surface area contributed by atoms with Crippen LogP contribution < -0.4 is 0 Å². The van der Waals surface area contributed by atoms with Crippen LogP contribution in [0.15, 0.2) is 64.1 Å². The molecule has 132 valence electrons. The maximum absolute atomic E-state index is 12.4. The highest BCUT2D eigenvalue weighted by molar-refractivity contribution is 7.91. The van der Waals surface area contributed by atoms with Crippen molar-refractivity contribution in [2.24, 2.45) is 0 Å². The number of aromatic nitrogens is 3. The maximum Gasteiger partial charge on any atom is 0.258 e. The minimum absolute atomic E-state index is 0.0661. The van der Waals surface area contributed by atoms with Gasteiger partial charge in [0.05, 0.1) is 10.6 Å². The number of nitrogens with one attached hydrogen (secondary N) is 1. The SMILES string of the molecule is Cc1ccc(S(=O)(=O)CCc2noc(-c3cccc4[nH]ccc34)n2)cc1. The van der Waals surface area contributed by atoms with Crippen LogP contribution in [0.25, 0.3) is 22.4 Å². The first-order chi connectivity index (χ1) is 12.5. The summed E-state index contributed by atoms with van der Waals surface area (Å²) in [4.78, 5) is 7.81. The number of rotatable bonds is 5. The van der Waals surface area contributed by atoms with Gasteiger partial charge < -0.3 is 9.51 Å². The van der Waals surface area contributed by atoms with Crippen molar-refractivity contribution < 1.29 is 12.9 Å². The van der Waals surface area contributed by atoms with E-state index in [9.17, 15) is 8.42 Å². The van der Waals surface area contributed by atoms with E-state index in [0.29, 0.717) is 16.6 Å². The fourth-order valence-corrected chi connectivity index (χ4v) is 4.06. The van der Waals surface area contributed by atoms with E-state index in [-0.39, 0.29) is 12.2 Å². The normalized spacial score (nSPS) is 11.9. The molecule has 0 amide bonds. The molecule has 6 nitrogen and oxygen atoms in total. The van der Waals surface area contributed by atoms with Gasteiger partial charge in [0.25, 0.3) is 5.89 Å². The van der Waals surface area contributed by atoms with Crippen LogP contribution in [0.3, 0.4) is 0 Å². The molecule has 2 aromatic heterocycles. The van der Waals surface area contributed by atoms with Crippen molar-refractivity contribution in [2.75, 3.05) is 5.75 Å². The van der Waals surface area contributed by atoms with E-state index in [4.69, 9.17) is 4.52 Å². The van der Waals surface area contributed by atoms with Crippen LogP contribution in [0, 0.1) is 6.92 Å². The Kier molecular flexibility index (Phi) is 4.08. The van der Waals surface area contributed by atoms with Crippen LogP contribution in [-0.4, -0.2) is 29.3 Å². The average Bonchev–Trinajstić information content (AvgIpc) is 3.29. The zero-order chi connectivity index (χ0) is 18.1. The molecule has 2 aromatic carbocycles. The van der Waals surface area contributed by atoms with Crippen molar-refractivity contribution in [1.82, 2.24) is 15.1 Å². The monoisotopic (exact) mass is 367 g/mol. The third-order valence-electron chi connectivity index (χ3n) is 4.27. The van der Waals surface area contributed by atoms with Gasteiger partial charge >= 0.3 is 0 Å². The molecule has 4 rings (SSSR count). The Morgan fingerprint density at radius 1 is 1.08 bits per heavy atom. The molecule has 0 spiro atoms. The molecule has 0 unspecified atom stereocenters. The quantitative estimate of drug-likeness (QED) is 0.583. The second-order valence-electron chi connectivity index (χ2n) is 6.14. The number of sulfone groups is 1. The molecule has 0 aliphatic rings. The van der Waals surface area contributed by atoms with Gasteiger partial charge in [0.15, 0.2) is 15.7 Å². The highest BCUT2D eigenvalue weighted by atomic mass is 32.2. The Hall–Kier alpha value is -2.93. The molecule has 0 radical (unpaired) electrons. The highest BCUT2D eigenvalue weighted by Crippen LogP contribution is 2.26. The van der Waals surface area contributed by atoms with Gasteiger partial charge in [0, 0.05) is 29.1 Å². The van der Waals surface area contributed by atoms with Crippen molar-refractivity contribution in [1.29, 1.82) is 0 Å². The fraction of sp³-hybridized carbons (Fsp3) is 0.158. The molecular weight excluding hydrogens is 350 g/mol. The van der Waals surface area contributed by atoms with Crippen molar-refractivity contribution >= 4 is 20.7 Å². The van der Waals surface area contributed by atoms with Gasteiger partial charge in [0.2, 0.25) is 0 Å². The number of aromatic amines is 1. The molecule has 0 aliphatic heterocycles. The molecule has 2 heterocycles. The van der Waals surface area contributed by atoms with Crippen LogP contribution in [0.1, 0.15) is 11.4 Å². The Bertz CT molecular complexity index is 1160. The van der Waals surface area contributed by atoms with Gasteiger partial charge in [-0.25, -0.2) is 8.42 Å². The first kappa shape index (κ1) is 16.5. The van der Waals surface area contributed by atoms with Gasteiger partial charge in [-0.3, -0.25) is 0 Å². The summed E-state index contributed by atoms with van der Waals surface area (Å²) in [5.41, 5.74) is 2.82. The lowest BCUT2D eigenvalue weighted by atomic mass is 10.1. The predicted octanol–water partition coefficient (Wildman–Crippen LogP) is 3.54. The van der Waals surface area contributed by atoms with Crippen LogP contribution >= 0.6 is 0 Å². The zero-order valence-electron chi connectivity index (χ0n) is 14.1. The second-order valence-corrected chi connectivity index (χ2v) is 8.25. The molecule has 4 aromatic rings. The smallest absolute Gasteiger partial charge is 0.258 e. The second kappa shape index (κ2) is 6.42. The van der Waals surface area contributed by atoms with E-state index in [1.165, 1.54) is 0 Å². The first-order valence-corrected chi connectivity index (χ1v) is 9.87. The molecule has 7 heteroatoms. The Balaban J connectivity index is 1.54. The number of H-pyrrole nitrogens is 1. The van der Waals surface area contributed by atoms with E-state index in [2.05, 4.69) is 15.1 Å². The molecule has 0 saturated carbocycles. The Morgan fingerprint density at radius 3 is 2.69 bits per heavy atom. The lowest BCUT2D eigenvalue weighted by Gasteiger charge is -2.03. The van der Waals surface area contributed by atoms with Crippen molar-refractivity contribution in [3.8, 4) is 11.5 Å². The van der Waals surface area contributed by atoms with Crippen LogP contribution in [0.4, 0.5) is 0 Å². The van der Waals surface area contributed by atoms with E-state index < -0.39 is 9.84 Å². The summed E-state index contributed by atoms with van der Waals surface area (Å²) in [6.07, 6.45) is 2.04. The standard InChI is InChI=1S/C19H17N3O3S/c1-13-5-7-14(8-6-13)26(23,24)12-10-18-21-19(25-22-18)16-3-2-4-17-15(16)9-11-20-17/h2-9,11,20H,10,12H2,1H3. The summed E-state index contributed by atoms with van der Waals surface area (Å²) in [5.74, 6) is 0.699. The highest BCUT2D eigenvalue weighted by Gasteiger charge is 2.17. The largest absolute Gasteiger partial charge is 0.361 e. The van der Waals surface area contributed by atoms with Crippen molar-refractivity contribution in [3.05, 3.63) is 66.1 Å². The third-order valence-corrected chi connectivity index (χ3v) is 6.00.